The Morgan fingerprint density at radius 2 is 1.75 bits per heavy atom. The molecule has 7 heteroatoms. The molecule has 7 nitrogen and oxygen atoms in total. The van der Waals surface area contributed by atoms with E-state index in [1.807, 2.05) is 25.3 Å². The number of carbonyl (C=O) groups excluding carboxylic acids is 1. The predicted octanol–water partition coefficient (Wildman–Crippen LogP) is 2.49. The van der Waals surface area contributed by atoms with Crippen LogP contribution >= 0.6 is 0 Å². The smallest absolute Gasteiger partial charge is 0.338 e. The molecule has 1 spiro atoms. The fraction of sp³-hybridized carbons (Fsp3) is 0.759. The molecule has 6 aliphatic rings. The molecular weight excluding hydrogens is 458 g/mol. The summed E-state index contributed by atoms with van der Waals surface area (Å²) in [6.07, 6.45) is 2.65. The molecule has 6 unspecified atom stereocenters. The van der Waals surface area contributed by atoms with Crippen LogP contribution in [0, 0.1) is 35.0 Å². The molecule has 5 aliphatic carbocycles. The molecule has 1 aliphatic heterocycles. The van der Waals surface area contributed by atoms with Gasteiger partial charge in [-0.15, -0.1) is 0 Å². The van der Waals surface area contributed by atoms with Gasteiger partial charge in [-0.3, -0.25) is 4.90 Å². The Kier molecular flexibility index (Phi) is 5.09. The lowest BCUT2D eigenvalue weighted by molar-refractivity contribution is -0.271. The molecule has 196 valence electrons. The van der Waals surface area contributed by atoms with Gasteiger partial charge in [-0.25, -0.2) is 4.79 Å². The number of nitrogens with zero attached hydrogens (tertiary/aromatic N) is 1. The van der Waals surface area contributed by atoms with E-state index < -0.39 is 29.4 Å². The van der Waals surface area contributed by atoms with Gasteiger partial charge in [0.1, 0.15) is 11.7 Å². The van der Waals surface area contributed by atoms with Gasteiger partial charge >= 0.3 is 5.97 Å². The number of hydrogen-bond donors (Lipinski definition) is 2. The highest BCUT2D eigenvalue weighted by atomic mass is 16.6. The summed E-state index contributed by atoms with van der Waals surface area (Å²) in [5.74, 6) is 0.301. The quantitative estimate of drug-likeness (QED) is 0.605. The Morgan fingerprint density at radius 3 is 2.44 bits per heavy atom. The Labute approximate surface area is 213 Å². The van der Waals surface area contributed by atoms with Crippen molar-refractivity contribution in [3.05, 3.63) is 35.9 Å². The highest BCUT2D eigenvalue weighted by Crippen LogP contribution is 2.77. The van der Waals surface area contributed by atoms with Crippen molar-refractivity contribution in [2.75, 3.05) is 27.3 Å². The molecule has 0 amide bonds. The first-order valence-electron chi connectivity index (χ1n) is 13.8. The first kappa shape index (κ1) is 23.6. The third-order valence-electron chi connectivity index (χ3n) is 11.8. The average molecular weight is 498 g/mol. The van der Waals surface area contributed by atoms with Gasteiger partial charge in [-0.1, -0.05) is 25.1 Å². The molecule has 1 heterocycles. The molecule has 12 atom stereocenters. The minimum atomic E-state index is -1.34. The highest BCUT2D eigenvalue weighted by Gasteiger charge is 2.84. The number of methoxy groups -OCH3 is 2. The van der Waals surface area contributed by atoms with Gasteiger partial charge in [0.05, 0.1) is 23.4 Å². The zero-order valence-electron chi connectivity index (χ0n) is 21.5. The van der Waals surface area contributed by atoms with Crippen molar-refractivity contribution in [1.29, 1.82) is 0 Å². The monoisotopic (exact) mass is 497 g/mol. The van der Waals surface area contributed by atoms with Gasteiger partial charge in [0.15, 0.2) is 0 Å². The van der Waals surface area contributed by atoms with Gasteiger partial charge in [-0.05, 0) is 62.1 Å². The fourth-order valence-electron chi connectivity index (χ4n) is 10.8. The lowest BCUT2D eigenvalue weighted by Crippen LogP contribution is -2.75. The molecule has 1 saturated heterocycles. The molecule has 36 heavy (non-hydrogen) atoms. The van der Waals surface area contributed by atoms with E-state index in [4.69, 9.17) is 14.2 Å². The number of hydrogen-bond acceptors (Lipinski definition) is 7. The van der Waals surface area contributed by atoms with Crippen molar-refractivity contribution < 1.29 is 29.2 Å². The third kappa shape index (κ3) is 2.59. The van der Waals surface area contributed by atoms with Crippen LogP contribution in [0.15, 0.2) is 30.3 Å². The van der Waals surface area contributed by atoms with E-state index in [1.54, 1.807) is 19.2 Å². The van der Waals surface area contributed by atoms with E-state index in [-0.39, 0.29) is 35.3 Å². The minimum absolute atomic E-state index is 0.00271. The van der Waals surface area contributed by atoms with Crippen molar-refractivity contribution in [3.63, 3.8) is 0 Å². The van der Waals surface area contributed by atoms with Gasteiger partial charge in [-0.2, -0.15) is 0 Å². The summed E-state index contributed by atoms with van der Waals surface area (Å²) in [6.45, 7) is 4.25. The second-order valence-corrected chi connectivity index (χ2v) is 12.5. The molecule has 7 rings (SSSR count). The van der Waals surface area contributed by atoms with Crippen LogP contribution in [0.2, 0.25) is 0 Å². The van der Waals surface area contributed by atoms with Gasteiger partial charge < -0.3 is 24.4 Å². The lowest BCUT2D eigenvalue weighted by atomic mass is 9.46. The van der Waals surface area contributed by atoms with Crippen molar-refractivity contribution in [3.8, 4) is 0 Å². The molecule has 1 aromatic rings. The Bertz CT molecular complexity index is 1050. The Balaban J connectivity index is 1.39. The predicted molar refractivity (Wildman–Crippen MR) is 131 cm³/mol. The molecule has 2 N–H and O–H groups in total. The molecule has 5 saturated carbocycles. The SMILES string of the molecule is CCN1CC2CCC(OC)C34C1C(C[C@H]23)[C@@]1(O)C[C@H](OC)[C@@]2(O)C[C@@H]4[C@@H]1C2OC(=O)c1ccccc1. The second kappa shape index (κ2) is 7.76. The summed E-state index contributed by atoms with van der Waals surface area (Å²) in [4.78, 5) is 15.9. The van der Waals surface area contributed by atoms with Crippen LogP contribution in [-0.4, -0.2) is 83.9 Å². The van der Waals surface area contributed by atoms with Crippen LogP contribution in [0.25, 0.3) is 0 Å². The Morgan fingerprint density at radius 1 is 1.00 bits per heavy atom. The van der Waals surface area contributed by atoms with Crippen molar-refractivity contribution in [2.24, 2.45) is 35.0 Å². The zero-order valence-corrected chi connectivity index (χ0v) is 21.5. The molecule has 1 aromatic carbocycles. The van der Waals surface area contributed by atoms with Crippen LogP contribution in [0.1, 0.15) is 49.4 Å². The van der Waals surface area contributed by atoms with E-state index in [9.17, 15) is 15.0 Å². The van der Waals surface area contributed by atoms with Crippen LogP contribution in [0.4, 0.5) is 0 Å². The molecule has 0 radical (unpaired) electrons. The van der Waals surface area contributed by atoms with Crippen molar-refractivity contribution in [1.82, 2.24) is 4.90 Å². The van der Waals surface area contributed by atoms with Gasteiger partial charge in [0.25, 0.3) is 0 Å². The first-order chi connectivity index (χ1) is 17.3. The normalized spacial score (nSPS) is 52.3. The van der Waals surface area contributed by atoms with Crippen molar-refractivity contribution in [2.45, 2.75) is 74.6 Å². The summed E-state index contributed by atoms with van der Waals surface area (Å²) in [5, 5.41) is 25.0. The number of ether oxygens (including phenoxy) is 3. The summed E-state index contributed by atoms with van der Waals surface area (Å²) >= 11 is 0. The van der Waals surface area contributed by atoms with E-state index in [2.05, 4.69) is 11.8 Å². The van der Waals surface area contributed by atoms with Gasteiger partial charge in [0.2, 0.25) is 0 Å². The highest BCUT2D eigenvalue weighted by molar-refractivity contribution is 5.89. The van der Waals surface area contributed by atoms with Crippen LogP contribution in [0.3, 0.4) is 0 Å². The number of likely N-dealkylation sites (tertiary alicyclic amines) is 1. The number of fused-ring (bicyclic) bond motifs is 2. The molecule has 0 aromatic heterocycles. The largest absolute Gasteiger partial charge is 0.455 e. The van der Waals surface area contributed by atoms with E-state index in [1.165, 1.54) is 0 Å². The standard InChI is InChI=1S/C29H39NO6/c1-4-30-15-17-10-11-21(34-2)29-18(17)12-19(24(29)30)27(32)14-22(35-3)28(33)13-20(29)23(27)25(28)36-26(31)16-8-6-5-7-9-16/h5-9,17-25,32-33H,4,10-15H2,1-3H3/t17?,18-,19?,20-,21?,22+,23-,24?,25?,27+,28+,29?/m1/s1. The minimum Gasteiger partial charge on any atom is -0.455 e. The number of benzene rings is 1. The molecule has 6 fully saturated rings. The summed E-state index contributed by atoms with van der Waals surface area (Å²) in [6, 6.07) is 9.17. The zero-order chi connectivity index (χ0) is 25.0. The number of esters is 1. The summed E-state index contributed by atoms with van der Waals surface area (Å²) in [7, 11) is 3.44. The maximum atomic E-state index is 13.3. The lowest BCUT2D eigenvalue weighted by Gasteiger charge is -2.67. The summed E-state index contributed by atoms with van der Waals surface area (Å²) < 4.78 is 18.4. The number of carbonyl (C=O) groups is 1. The topological polar surface area (TPSA) is 88.5 Å². The van der Waals surface area contributed by atoms with E-state index in [0.717, 1.165) is 32.4 Å². The van der Waals surface area contributed by atoms with E-state index >= 15 is 0 Å². The number of rotatable bonds is 5. The first-order valence-corrected chi connectivity index (χ1v) is 13.8. The number of aliphatic hydroxyl groups is 2. The second-order valence-electron chi connectivity index (χ2n) is 12.5. The maximum Gasteiger partial charge on any atom is 0.338 e. The summed E-state index contributed by atoms with van der Waals surface area (Å²) in [5.41, 5.74) is -2.10. The van der Waals surface area contributed by atoms with Gasteiger partial charge in [0, 0.05) is 50.5 Å². The fourth-order valence-corrected chi connectivity index (χ4v) is 10.8. The third-order valence-corrected chi connectivity index (χ3v) is 11.8. The average Bonchev–Trinajstić information content (AvgIpc) is 3.27. The van der Waals surface area contributed by atoms with Crippen molar-refractivity contribution >= 4 is 5.97 Å². The van der Waals surface area contributed by atoms with E-state index in [0.29, 0.717) is 30.2 Å². The maximum absolute atomic E-state index is 13.3. The van der Waals surface area contributed by atoms with Crippen LogP contribution in [0.5, 0.6) is 0 Å². The molecule has 7 bridgehead atoms. The van der Waals surface area contributed by atoms with Crippen LogP contribution in [-0.2, 0) is 14.2 Å². The number of piperidine rings is 1. The van der Waals surface area contributed by atoms with Crippen LogP contribution < -0.4 is 0 Å². The molecular formula is C29H39NO6. The Hall–Kier alpha value is -1.51.